The van der Waals surface area contributed by atoms with Gasteiger partial charge in [0.25, 0.3) is 5.89 Å². The highest BCUT2D eigenvalue weighted by atomic mass is 16.5. The summed E-state index contributed by atoms with van der Waals surface area (Å²) in [4.78, 5) is 19.2. The maximum atomic E-state index is 11.6. The third kappa shape index (κ3) is 2.57. The molecule has 22 heavy (non-hydrogen) atoms. The summed E-state index contributed by atoms with van der Waals surface area (Å²) in [5, 5.41) is 4.04. The van der Waals surface area contributed by atoms with Crippen molar-refractivity contribution < 1.29 is 9.32 Å². The molecule has 0 amide bonds. The lowest BCUT2D eigenvalue weighted by molar-refractivity contribution is 0.101. The standard InChI is InChI=1S/C17H17N3O2/c1-10-15(11(2)18-16(10)12(3)21)17-19-14(20-22-17)9-13-7-5-4-6-8-13/h4-8,18H,9H2,1-3H3. The van der Waals surface area contributed by atoms with E-state index in [4.69, 9.17) is 4.52 Å². The zero-order valence-corrected chi connectivity index (χ0v) is 12.8. The van der Waals surface area contributed by atoms with E-state index >= 15 is 0 Å². The summed E-state index contributed by atoms with van der Waals surface area (Å²) in [5.41, 5.74) is 4.24. The number of hydrogen-bond acceptors (Lipinski definition) is 4. The number of carbonyl (C=O) groups excluding carboxylic acids is 1. The van der Waals surface area contributed by atoms with E-state index in [2.05, 4.69) is 15.1 Å². The minimum Gasteiger partial charge on any atom is -0.355 e. The molecule has 0 radical (unpaired) electrons. The third-order valence-electron chi connectivity index (χ3n) is 3.68. The highest BCUT2D eigenvalue weighted by molar-refractivity contribution is 5.96. The summed E-state index contributed by atoms with van der Waals surface area (Å²) in [6, 6.07) is 9.99. The molecule has 0 spiro atoms. The Balaban J connectivity index is 1.93. The van der Waals surface area contributed by atoms with Crippen LogP contribution in [0.1, 0.15) is 40.1 Å². The van der Waals surface area contributed by atoms with Crippen molar-refractivity contribution in [3.05, 3.63) is 58.7 Å². The number of aromatic amines is 1. The molecule has 2 heterocycles. The van der Waals surface area contributed by atoms with Gasteiger partial charge in [-0.25, -0.2) is 0 Å². The van der Waals surface area contributed by atoms with Crippen LogP contribution in [-0.4, -0.2) is 20.9 Å². The van der Waals surface area contributed by atoms with Crippen LogP contribution in [0.2, 0.25) is 0 Å². The summed E-state index contributed by atoms with van der Waals surface area (Å²) < 4.78 is 5.39. The fourth-order valence-electron chi connectivity index (χ4n) is 2.63. The van der Waals surface area contributed by atoms with Gasteiger partial charge in [-0.05, 0) is 25.0 Å². The van der Waals surface area contributed by atoms with E-state index in [-0.39, 0.29) is 5.78 Å². The topological polar surface area (TPSA) is 71.8 Å². The molecular weight excluding hydrogens is 278 g/mol. The van der Waals surface area contributed by atoms with Crippen LogP contribution in [0.25, 0.3) is 11.5 Å². The molecule has 1 aromatic carbocycles. The van der Waals surface area contributed by atoms with Crippen LogP contribution in [0.5, 0.6) is 0 Å². The van der Waals surface area contributed by atoms with Gasteiger partial charge in [0.15, 0.2) is 11.6 Å². The molecule has 3 rings (SSSR count). The molecule has 0 unspecified atom stereocenters. The number of rotatable bonds is 4. The van der Waals surface area contributed by atoms with Gasteiger partial charge in [-0.2, -0.15) is 4.98 Å². The molecule has 0 aliphatic heterocycles. The lowest BCUT2D eigenvalue weighted by Gasteiger charge is -1.96. The van der Waals surface area contributed by atoms with Crippen molar-refractivity contribution in [3.8, 4) is 11.5 Å². The molecule has 5 nitrogen and oxygen atoms in total. The molecule has 112 valence electrons. The van der Waals surface area contributed by atoms with Crippen molar-refractivity contribution in [2.24, 2.45) is 0 Å². The first kappa shape index (κ1) is 14.3. The van der Waals surface area contributed by atoms with Crippen molar-refractivity contribution in [1.29, 1.82) is 0 Å². The fourth-order valence-corrected chi connectivity index (χ4v) is 2.63. The highest BCUT2D eigenvalue weighted by Crippen LogP contribution is 2.28. The highest BCUT2D eigenvalue weighted by Gasteiger charge is 2.20. The minimum absolute atomic E-state index is 0.00382. The van der Waals surface area contributed by atoms with Crippen LogP contribution in [-0.2, 0) is 6.42 Å². The van der Waals surface area contributed by atoms with Gasteiger partial charge in [-0.1, -0.05) is 35.5 Å². The summed E-state index contributed by atoms with van der Waals surface area (Å²) in [7, 11) is 0. The van der Waals surface area contributed by atoms with Gasteiger partial charge in [0.1, 0.15) is 0 Å². The SMILES string of the molecule is CC(=O)c1[nH]c(C)c(-c2nc(Cc3ccccc3)no2)c1C. The van der Waals surface area contributed by atoms with E-state index < -0.39 is 0 Å². The summed E-state index contributed by atoms with van der Waals surface area (Å²) >= 11 is 0. The Bertz CT molecular complexity index is 816. The van der Waals surface area contributed by atoms with Crippen LogP contribution >= 0.6 is 0 Å². The smallest absolute Gasteiger partial charge is 0.260 e. The first-order valence-corrected chi connectivity index (χ1v) is 7.13. The molecule has 5 heteroatoms. The third-order valence-corrected chi connectivity index (χ3v) is 3.68. The zero-order valence-electron chi connectivity index (χ0n) is 12.8. The van der Waals surface area contributed by atoms with E-state index in [0.29, 0.717) is 23.8 Å². The van der Waals surface area contributed by atoms with Crippen LogP contribution in [0.15, 0.2) is 34.9 Å². The van der Waals surface area contributed by atoms with Gasteiger partial charge < -0.3 is 9.51 Å². The van der Waals surface area contributed by atoms with Gasteiger partial charge in [0, 0.05) is 19.0 Å². The molecule has 0 aliphatic carbocycles. The van der Waals surface area contributed by atoms with Gasteiger partial charge in [0.05, 0.1) is 11.3 Å². The second-order valence-electron chi connectivity index (χ2n) is 5.36. The average molecular weight is 295 g/mol. The Labute approximate surface area is 128 Å². The predicted octanol–water partition coefficient (Wildman–Crippen LogP) is 3.47. The van der Waals surface area contributed by atoms with Gasteiger partial charge in [-0.15, -0.1) is 0 Å². The number of H-pyrrole nitrogens is 1. The number of Topliss-reactive ketones (excluding diaryl/α,β-unsaturated/α-hetero) is 1. The second-order valence-corrected chi connectivity index (χ2v) is 5.36. The number of aryl methyl sites for hydroxylation is 1. The largest absolute Gasteiger partial charge is 0.355 e. The monoisotopic (exact) mass is 295 g/mol. The molecule has 0 fully saturated rings. The van der Waals surface area contributed by atoms with Crippen molar-refractivity contribution in [3.63, 3.8) is 0 Å². The number of carbonyl (C=O) groups is 1. The predicted molar refractivity (Wildman–Crippen MR) is 82.8 cm³/mol. The van der Waals surface area contributed by atoms with E-state index in [1.165, 1.54) is 6.92 Å². The van der Waals surface area contributed by atoms with Crippen LogP contribution in [0.3, 0.4) is 0 Å². The molecule has 0 saturated carbocycles. The summed E-state index contributed by atoms with van der Waals surface area (Å²) in [5.74, 6) is 1.08. The number of benzene rings is 1. The zero-order chi connectivity index (χ0) is 15.7. The first-order valence-electron chi connectivity index (χ1n) is 7.13. The summed E-state index contributed by atoms with van der Waals surface area (Å²) in [6.45, 7) is 5.32. The molecule has 2 aromatic heterocycles. The van der Waals surface area contributed by atoms with Crippen LogP contribution < -0.4 is 0 Å². The lowest BCUT2D eigenvalue weighted by Crippen LogP contribution is -1.94. The lowest BCUT2D eigenvalue weighted by atomic mass is 10.1. The van der Waals surface area contributed by atoms with Crippen molar-refractivity contribution in [2.75, 3.05) is 0 Å². The normalized spacial score (nSPS) is 10.9. The molecule has 0 aliphatic rings. The van der Waals surface area contributed by atoms with Crippen molar-refractivity contribution in [1.82, 2.24) is 15.1 Å². The Hall–Kier alpha value is -2.69. The molecule has 0 saturated heterocycles. The number of nitrogens with one attached hydrogen (secondary N) is 1. The number of nitrogens with zero attached hydrogens (tertiary/aromatic N) is 2. The molecular formula is C17H17N3O2. The van der Waals surface area contributed by atoms with Crippen molar-refractivity contribution >= 4 is 5.78 Å². The van der Waals surface area contributed by atoms with E-state index in [9.17, 15) is 4.79 Å². The summed E-state index contributed by atoms with van der Waals surface area (Å²) in [6.07, 6.45) is 0.617. The van der Waals surface area contributed by atoms with E-state index in [1.54, 1.807) is 0 Å². The minimum atomic E-state index is -0.00382. The number of ketones is 1. The molecule has 0 atom stereocenters. The quantitative estimate of drug-likeness (QED) is 0.748. The Kier molecular flexibility index (Phi) is 3.63. The van der Waals surface area contributed by atoms with Gasteiger partial charge in [0.2, 0.25) is 0 Å². The average Bonchev–Trinajstić information content (AvgIpc) is 3.04. The van der Waals surface area contributed by atoms with Crippen LogP contribution in [0, 0.1) is 13.8 Å². The number of aromatic nitrogens is 3. The van der Waals surface area contributed by atoms with Gasteiger partial charge >= 0.3 is 0 Å². The Morgan fingerprint density at radius 3 is 2.59 bits per heavy atom. The first-order chi connectivity index (χ1) is 10.6. The van der Waals surface area contributed by atoms with Crippen molar-refractivity contribution in [2.45, 2.75) is 27.2 Å². The molecule has 0 bridgehead atoms. The van der Waals surface area contributed by atoms with Crippen LogP contribution in [0.4, 0.5) is 0 Å². The maximum absolute atomic E-state index is 11.6. The Morgan fingerprint density at radius 1 is 1.23 bits per heavy atom. The molecule has 3 aromatic rings. The molecule has 1 N–H and O–H groups in total. The van der Waals surface area contributed by atoms with E-state index in [0.717, 1.165) is 22.4 Å². The Morgan fingerprint density at radius 2 is 1.95 bits per heavy atom. The number of hydrogen-bond donors (Lipinski definition) is 1. The van der Waals surface area contributed by atoms with E-state index in [1.807, 2.05) is 44.2 Å². The fraction of sp³-hybridized carbons (Fsp3) is 0.235. The van der Waals surface area contributed by atoms with Gasteiger partial charge in [-0.3, -0.25) is 4.79 Å². The second kappa shape index (κ2) is 5.60. The maximum Gasteiger partial charge on any atom is 0.260 e.